The van der Waals surface area contributed by atoms with Crippen molar-refractivity contribution in [1.82, 2.24) is 9.80 Å². The van der Waals surface area contributed by atoms with Gasteiger partial charge in [0.25, 0.3) is 5.91 Å². The van der Waals surface area contributed by atoms with Gasteiger partial charge in [-0.05, 0) is 48.1 Å². The molecule has 0 N–H and O–H groups in total. The molecule has 26 heavy (non-hydrogen) atoms. The zero-order chi connectivity index (χ0) is 18.7. The monoisotopic (exact) mass is 382 g/mol. The third-order valence-electron chi connectivity index (χ3n) is 4.62. The van der Waals surface area contributed by atoms with Crippen LogP contribution >= 0.6 is 11.3 Å². The Balaban J connectivity index is 1.59. The fraction of sp³-hybridized carbons (Fsp3) is 0.421. The van der Waals surface area contributed by atoms with E-state index in [-0.39, 0.29) is 5.91 Å². The number of benzene rings is 1. The summed E-state index contributed by atoms with van der Waals surface area (Å²) >= 11 is 1.47. The smallest absolute Gasteiger partial charge is 0.337 e. The van der Waals surface area contributed by atoms with Crippen molar-refractivity contribution >= 4 is 17.2 Å². The van der Waals surface area contributed by atoms with Crippen molar-refractivity contribution in [1.29, 1.82) is 0 Å². The highest BCUT2D eigenvalue weighted by Gasteiger charge is 2.30. The van der Waals surface area contributed by atoms with E-state index in [0.29, 0.717) is 19.6 Å². The molecule has 1 aliphatic heterocycles. The number of rotatable bonds is 3. The third kappa shape index (κ3) is 4.45. The van der Waals surface area contributed by atoms with Crippen LogP contribution in [0.2, 0.25) is 0 Å². The summed E-state index contributed by atoms with van der Waals surface area (Å²) in [4.78, 5) is 17.5. The van der Waals surface area contributed by atoms with Crippen molar-refractivity contribution in [3.63, 3.8) is 0 Å². The Labute approximate surface area is 155 Å². The van der Waals surface area contributed by atoms with Crippen molar-refractivity contribution in [2.45, 2.75) is 26.1 Å². The van der Waals surface area contributed by atoms with Crippen molar-refractivity contribution in [3.05, 3.63) is 57.3 Å². The Kier molecular flexibility index (Phi) is 5.67. The summed E-state index contributed by atoms with van der Waals surface area (Å²) in [6.45, 7) is 5.43. The minimum absolute atomic E-state index is 0.0777. The maximum absolute atomic E-state index is 12.6. The number of carbonyl (C=O) groups excluding carboxylic acids is 1. The molecule has 1 fully saturated rings. The molecule has 1 aromatic heterocycles. The number of carbonyl (C=O) groups is 1. The quantitative estimate of drug-likeness (QED) is 0.784. The van der Waals surface area contributed by atoms with E-state index in [0.717, 1.165) is 47.6 Å². The van der Waals surface area contributed by atoms with Gasteiger partial charge in [0.1, 0.15) is 0 Å². The van der Waals surface area contributed by atoms with E-state index in [1.807, 2.05) is 23.3 Å². The van der Waals surface area contributed by atoms with Crippen LogP contribution in [0.1, 0.15) is 32.8 Å². The second-order valence-corrected chi connectivity index (χ2v) is 7.47. The Morgan fingerprint density at radius 1 is 1.08 bits per heavy atom. The van der Waals surface area contributed by atoms with Crippen LogP contribution in [0.3, 0.4) is 0 Å². The molecular weight excluding hydrogens is 361 g/mol. The van der Waals surface area contributed by atoms with Crippen LogP contribution in [0.15, 0.2) is 35.7 Å². The van der Waals surface area contributed by atoms with Gasteiger partial charge in [-0.2, -0.15) is 13.2 Å². The summed E-state index contributed by atoms with van der Waals surface area (Å²) in [6, 6.07) is 7.27. The predicted molar refractivity (Wildman–Crippen MR) is 96.3 cm³/mol. The highest BCUT2D eigenvalue weighted by molar-refractivity contribution is 7.12. The standard InChI is InChI=1S/C19H21F3N2OS/c1-14-7-12-26-17(14)18(25)24-9-2-8-23(10-11-24)13-15-3-5-16(6-4-15)19(20,21)22/h3-7,12H,2,8-11,13H2,1H3. The van der Waals surface area contributed by atoms with Crippen molar-refractivity contribution in [2.24, 2.45) is 0 Å². The molecule has 0 spiro atoms. The van der Waals surface area contributed by atoms with Crippen LogP contribution in [0.25, 0.3) is 0 Å². The van der Waals surface area contributed by atoms with Gasteiger partial charge in [0.05, 0.1) is 10.4 Å². The normalized spacial score (nSPS) is 16.5. The van der Waals surface area contributed by atoms with E-state index in [9.17, 15) is 18.0 Å². The molecule has 2 aromatic rings. The number of amides is 1. The lowest BCUT2D eigenvalue weighted by molar-refractivity contribution is -0.137. The van der Waals surface area contributed by atoms with Crippen LogP contribution in [0, 0.1) is 6.92 Å². The molecule has 0 aliphatic carbocycles. The van der Waals surface area contributed by atoms with Gasteiger partial charge >= 0.3 is 6.18 Å². The largest absolute Gasteiger partial charge is 0.416 e. The van der Waals surface area contributed by atoms with Gasteiger partial charge in [-0.3, -0.25) is 9.69 Å². The molecule has 1 aliphatic rings. The van der Waals surface area contributed by atoms with Crippen LogP contribution in [0.5, 0.6) is 0 Å². The van der Waals surface area contributed by atoms with Crippen LogP contribution in [-0.2, 0) is 12.7 Å². The zero-order valence-electron chi connectivity index (χ0n) is 14.6. The lowest BCUT2D eigenvalue weighted by atomic mass is 10.1. The average Bonchev–Trinajstić information content (AvgIpc) is 2.88. The summed E-state index contributed by atoms with van der Waals surface area (Å²) in [6.07, 6.45) is -3.45. The van der Waals surface area contributed by atoms with E-state index in [2.05, 4.69) is 4.90 Å². The summed E-state index contributed by atoms with van der Waals surface area (Å²) in [5.74, 6) is 0.0777. The molecule has 0 bridgehead atoms. The summed E-state index contributed by atoms with van der Waals surface area (Å²) in [5.41, 5.74) is 1.23. The molecular formula is C19H21F3N2OS. The summed E-state index contributed by atoms with van der Waals surface area (Å²) < 4.78 is 37.9. The summed E-state index contributed by atoms with van der Waals surface area (Å²) in [5, 5.41) is 1.93. The Morgan fingerprint density at radius 2 is 1.81 bits per heavy atom. The Bertz CT molecular complexity index is 755. The maximum Gasteiger partial charge on any atom is 0.416 e. The van der Waals surface area contributed by atoms with Gasteiger partial charge in [-0.15, -0.1) is 11.3 Å². The molecule has 140 valence electrons. The van der Waals surface area contributed by atoms with Gasteiger partial charge in [0, 0.05) is 32.7 Å². The minimum Gasteiger partial charge on any atom is -0.337 e. The molecule has 3 rings (SSSR count). The van der Waals surface area contributed by atoms with Crippen LogP contribution in [0.4, 0.5) is 13.2 Å². The maximum atomic E-state index is 12.6. The molecule has 1 aromatic carbocycles. The second kappa shape index (κ2) is 7.80. The molecule has 0 atom stereocenters. The molecule has 3 nitrogen and oxygen atoms in total. The predicted octanol–water partition coefficient (Wildman–Crippen LogP) is 4.42. The average molecular weight is 382 g/mol. The SMILES string of the molecule is Cc1ccsc1C(=O)N1CCCN(Cc2ccc(C(F)(F)F)cc2)CC1. The number of thiophene rings is 1. The first-order chi connectivity index (χ1) is 12.3. The highest BCUT2D eigenvalue weighted by atomic mass is 32.1. The first-order valence-corrected chi connectivity index (χ1v) is 9.44. The van der Waals surface area contributed by atoms with Gasteiger partial charge < -0.3 is 4.90 Å². The Hall–Kier alpha value is -1.86. The number of aryl methyl sites for hydroxylation is 1. The van der Waals surface area contributed by atoms with E-state index >= 15 is 0 Å². The molecule has 0 radical (unpaired) electrons. The number of nitrogens with zero attached hydrogens (tertiary/aromatic N) is 2. The second-order valence-electron chi connectivity index (χ2n) is 6.55. The lowest BCUT2D eigenvalue weighted by Crippen LogP contribution is -2.35. The van der Waals surface area contributed by atoms with Gasteiger partial charge in [0.2, 0.25) is 0 Å². The number of alkyl halides is 3. The topological polar surface area (TPSA) is 23.6 Å². The molecule has 1 amide bonds. The van der Waals surface area contributed by atoms with E-state index in [1.165, 1.54) is 23.5 Å². The molecule has 0 saturated carbocycles. The molecule has 0 unspecified atom stereocenters. The van der Waals surface area contributed by atoms with Gasteiger partial charge in [-0.25, -0.2) is 0 Å². The van der Waals surface area contributed by atoms with Crippen molar-refractivity contribution < 1.29 is 18.0 Å². The fourth-order valence-corrected chi connectivity index (χ4v) is 4.02. The fourth-order valence-electron chi connectivity index (χ4n) is 3.12. The van der Waals surface area contributed by atoms with E-state index < -0.39 is 11.7 Å². The minimum atomic E-state index is -4.30. The van der Waals surface area contributed by atoms with Crippen LogP contribution < -0.4 is 0 Å². The lowest BCUT2D eigenvalue weighted by Gasteiger charge is -2.22. The highest BCUT2D eigenvalue weighted by Crippen LogP contribution is 2.29. The van der Waals surface area contributed by atoms with Crippen molar-refractivity contribution in [2.75, 3.05) is 26.2 Å². The summed E-state index contributed by atoms with van der Waals surface area (Å²) in [7, 11) is 0. The van der Waals surface area contributed by atoms with Gasteiger partial charge in [0.15, 0.2) is 0 Å². The third-order valence-corrected chi connectivity index (χ3v) is 5.62. The Morgan fingerprint density at radius 3 is 2.42 bits per heavy atom. The van der Waals surface area contributed by atoms with E-state index in [4.69, 9.17) is 0 Å². The molecule has 7 heteroatoms. The number of halogens is 3. The molecule has 2 heterocycles. The number of hydrogen-bond acceptors (Lipinski definition) is 3. The first kappa shape index (κ1) is 18.9. The first-order valence-electron chi connectivity index (χ1n) is 8.56. The molecule has 1 saturated heterocycles. The van der Waals surface area contributed by atoms with Crippen LogP contribution in [-0.4, -0.2) is 41.9 Å². The number of hydrogen-bond donors (Lipinski definition) is 0. The zero-order valence-corrected chi connectivity index (χ0v) is 15.4. The van der Waals surface area contributed by atoms with Crippen molar-refractivity contribution in [3.8, 4) is 0 Å². The van der Waals surface area contributed by atoms with E-state index in [1.54, 1.807) is 0 Å². The van der Waals surface area contributed by atoms with Gasteiger partial charge in [-0.1, -0.05) is 12.1 Å².